The molecule has 0 saturated heterocycles. The fourth-order valence-electron chi connectivity index (χ4n) is 1.94. The van der Waals surface area contributed by atoms with E-state index < -0.39 is 0 Å². The van der Waals surface area contributed by atoms with Gasteiger partial charge in [-0.1, -0.05) is 11.2 Å². The minimum absolute atomic E-state index is 0.256. The van der Waals surface area contributed by atoms with Gasteiger partial charge in [-0.2, -0.15) is 0 Å². The van der Waals surface area contributed by atoms with E-state index in [-0.39, 0.29) is 11.6 Å². The molecule has 0 radical (unpaired) electrons. The lowest BCUT2D eigenvalue weighted by molar-refractivity contribution is 0.0945. The number of amides is 1. The molecule has 0 fully saturated rings. The summed E-state index contributed by atoms with van der Waals surface area (Å²) < 4.78 is 5.17. The van der Waals surface area contributed by atoms with Crippen molar-refractivity contribution < 1.29 is 9.32 Å². The van der Waals surface area contributed by atoms with E-state index in [1.54, 1.807) is 18.5 Å². The van der Waals surface area contributed by atoms with Gasteiger partial charge in [0.15, 0.2) is 11.5 Å². The SMILES string of the molecule is Cc1nc(-c2cc(C(=O)NCCc3cccnc3)no2)cs1. The number of aryl methyl sites for hydroxylation is 1. The van der Waals surface area contributed by atoms with Gasteiger partial charge in [0, 0.05) is 30.4 Å². The van der Waals surface area contributed by atoms with Crippen molar-refractivity contribution >= 4 is 17.2 Å². The van der Waals surface area contributed by atoms with Crippen LogP contribution in [0.1, 0.15) is 21.1 Å². The number of pyridine rings is 1. The molecule has 0 bridgehead atoms. The zero-order chi connectivity index (χ0) is 15.4. The van der Waals surface area contributed by atoms with E-state index >= 15 is 0 Å². The maximum absolute atomic E-state index is 12.0. The first kappa shape index (κ1) is 14.4. The van der Waals surface area contributed by atoms with Crippen LogP contribution in [0.2, 0.25) is 0 Å². The Labute approximate surface area is 131 Å². The highest BCUT2D eigenvalue weighted by atomic mass is 32.1. The topological polar surface area (TPSA) is 80.9 Å². The Balaban J connectivity index is 1.58. The summed E-state index contributed by atoms with van der Waals surface area (Å²) in [5, 5.41) is 9.42. The van der Waals surface area contributed by atoms with Crippen LogP contribution in [0.25, 0.3) is 11.5 Å². The Morgan fingerprint density at radius 2 is 2.36 bits per heavy atom. The molecule has 7 heteroatoms. The third-order valence-electron chi connectivity index (χ3n) is 3.04. The number of carbonyl (C=O) groups is 1. The molecule has 0 aliphatic heterocycles. The number of nitrogens with zero attached hydrogens (tertiary/aromatic N) is 3. The first-order valence-corrected chi connectivity index (χ1v) is 7.66. The van der Waals surface area contributed by atoms with Crippen molar-refractivity contribution in [1.29, 1.82) is 0 Å². The van der Waals surface area contributed by atoms with E-state index in [9.17, 15) is 4.79 Å². The van der Waals surface area contributed by atoms with Crippen molar-refractivity contribution in [2.24, 2.45) is 0 Å². The number of hydrogen-bond acceptors (Lipinski definition) is 6. The second kappa shape index (κ2) is 6.48. The van der Waals surface area contributed by atoms with Crippen LogP contribution in [0.5, 0.6) is 0 Å². The molecule has 112 valence electrons. The van der Waals surface area contributed by atoms with Gasteiger partial charge in [-0.3, -0.25) is 9.78 Å². The van der Waals surface area contributed by atoms with Crippen LogP contribution < -0.4 is 5.32 Å². The summed E-state index contributed by atoms with van der Waals surface area (Å²) in [5.41, 5.74) is 2.03. The van der Waals surface area contributed by atoms with Crippen LogP contribution in [-0.2, 0) is 6.42 Å². The van der Waals surface area contributed by atoms with Gasteiger partial charge >= 0.3 is 0 Å². The summed E-state index contributed by atoms with van der Waals surface area (Å²) in [4.78, 5) is 20.4. The molecule has 3 rings (SSSR count). The number of hydrogen-bond donors (Lipinski definition) is 1. The van der Waals surface area contributed by atoms with Gasteiger partial charge < -0.3 is 9.84 Å². The third kappa shape index (κ3) is 3.37. The van der Waals surface area contributed by atoms with Crippen molar-refractivity contribution in [1.82, 2.24) is 20.4 Å². The van der Waals surface area contributed by atoms with Gasteiger partial charge in [-0.05, 0) is 25.0 Å². The first-order chi connectivity index (χ1) is 10.7. The zero-order valence-electron chi connectivity index (χ0n) is 11.9. The lowest BCUT2D eigenvalue weighted by Crippen LogP contribution is -2.25. The molecular weight excluding hydrogens is 300 g/mol. The number of thiazole rings is 1. The van der Waals surface area contributed by atoms with Gasteiger partial charge in [0.2, 0.25) is 0 Å². The summed E-state index contributed by atoms with van der Waals surface area (Å²) in [6.07, 6.45) is 4.22. The standard InChI is InChI=1S/C15H14N4O2S/c1-10-18-13(9-22-10)14-7-12(19-21-14)15(20)17-6-4-11-3-2-5-16-8-11/h2-3,5,7-9H,4,6H2,1H3,(H,17,20). The second-order valence-corrected chi connectivity index (χ2v) is 5.76. The lowest BCUT2D eigenvalue weighted by atomic mass is 10.2. The molecule has 0 atom stereocenters. The second-order valence-electron chi connectivity index (χ2n) is 4.70. The van der Waals surface area contributed by atoms with Gasteiger partial charge in [-0.25, -0.2) is 4.98 Å². The smallest absolute Gasteiger partial charge is 0.273 e. The first-order valence-electron chi connectivity index (χ1n) is 6.79. The van der Waals surface area contributed by atoms with Crippen molar-refractivity contribution in [2.45, 2.75) is 13.3 Å². The van der Waals surface area contributed by atoms with E-state index in [0.29, 0.717) is 18.0 Å². The minimum Gasteiger partial charge on any atom is -0.354 e. The molecule has 1 N–H and O–H groups in total. The van der Waals surface area contributed by atoms with Crippen molar-refractivity contribution in [3.63, 3.8) is 0 Å². The third-order valence-corrected chi connectivity index (χ3v) is 3.81. The fourth-order valence-corrected chi connectivity index (χ4v) is 2.54. The lowest BCUT2D eigenvalue weighted by Gasteiger charge is -2.02. The van der Waals surface area contributed by atoms with E-state index in [0.717, 1.165) is 17.0 Å². The Hall–Kier alpha value is -2.54. The van der Waals surface area contributed by atoms with E-state index in [1.807, 2.05) is 24.4 Å². The summed E-state index contributed by atoms with van der Waals surface area (Å²) in [7, 11) is 0. The Bertz CT molecular complexity index is 767. The normalized spacial score (nSPS) is 10.6. The molecule has 0 unspecified atom stereocenters. The highest BCUT2D eigenvalue weighted by Gasteiger charge is 2.14. The van der Waals surface area contributed by atoms with Crippen molar-refractivity contribution in [3.8, 4) is 11.5 Å². The molecule has 22 heavy (non-hydrogen) atoms. The molecule has 3 aromatic heterocycles. The molecule has 0 aliphatic rings. The predicted molar refractivity (Wildman–Crippen MR) is 82.6 cm³/mol. The van der Waals surface area contributed by atoms with E-state index in [2.05, 4.69) is 20.4 Å². The van der Waals surface area contributed by atoms with Crippen LogP contribution >= 0.6 is 11.3 Å². The van der Waals surface area contributed by atoms with E-state index in [1.165, 1.54) is 11.3 Å². The summed E-state index contributed by atoms with van der Waals surface area (Å²) in [6, 6.07) is 5.45. The quantitative estimate of drug-likeness (QED) is 0.782. The van der Waals surface area contributed by atoms with Gasteiger partial charge in [-0.15, -0.1) is 11.3 Å². The van der Waals surface area contributed by atoms with Crippen LogP contribution in [0.15, 0.2) is 40.5 Å². The predicted octanol–water partition coefficient (Wildman–Crippen LogP) is 2.47. The molecule has 1 amide bonds. The number of rotatable bonds is 5. The largest absolute Gasteiger partial charge is 0.354 e. The van der Waals surface area contributed by atoms with Crippen LogP contribution in [0.3, 0.4) is 0 Å². The van der Waals surface area contributed by atoms with Gasteiger partial charge in [0.05, 0.1) is 5.01 Å². The number of aromatic nitrogens is 3. The average molecular weight is 314 g/mol. The fraction of sp³-hybridized carbons (Fsp3) is 0.200. The molecule has 6 nitrogen and oxygen atoms in total. The zero-order valence-corrected chi connectivity index (χ0v) is 12.8. The summed E-state index contributed by atoms with van der Waals surface area (Å²) >= 11 is 1.52. The highest BCUT2D eigenvalue weighted by Crippen LogP contribution is 2.22. The van der Waals surface area contributed by atoms with Crippen molar-refractivity contribution in [3.05, 3.63) is 52.2 Å². The Morgan fingerprint density at radius 1 is 1.45 bits per heavy atom. The average Bonchev–Trinajstić information content (AvgIpc) is 3.17. The molecule has 3 aromatic rings. The Kier molecular flexibility index (Phi) is 4.24. The van der Waals surface area contributed by atoms with Gasteiger partial charge in [0.1, 0.15) is 5.69 Å². The van der Waals surface area contributed by atoms with Gasteiger partial charge in [0.25, 0.3) is 5.91 Å². The van der Waals surface area contributed by atoms with Crippen molar-refractivity contribution in [2.75, 3.05) is 6.54 Å². The maximum atomic E-state index is 12.0. The monoisotopic (exact) mass is 314 g/mol. The molecule has 0 spiro atoms. The highest BCUT2D eigenvalue weighted by molar-refractivity contribution is 7.09. The molecular formula is C15H14N4O2S. The summed E-state index contributed by atoms with van der Waals surface area (Å²) in [5.74, 6) is 0.243. The van der Waals surface area contributed by atoms with Crippen LogP contribution in [0, 0.1) is 6.92 Å². The molecule has 0 aromatic carbocycles. The molecule has 0 aliphatic carbocycles. The number of nitrogens with one attached hydrogen (secondary N) is 1. The molecule has 3 heterocycles. The van der Waals surface area contributed by atoms with E-state index in [4.69, 9.17) is 4.52 Å². The van der Waals surface area contributed by atoms with Crippen LogP contribution in [-0.4, -0.2) is 27.6 Å². The summed E-state index contributed by atoms with van der Waals surface area (Å²) in [6.45, 7) is 2.43. The molecule has 0 saturated carbocycles. The minimum atomic E-state index is -0.258. The van der Waals surface area contributed by atoms with Crippen LogP contribution in [0.4, 0.5) is 0 Å². The number of carbonyl (C=O) groups excluding carboxylic acids is 1. The Morgan fingerprint density at radius 3 is 3.09 bits per heavy atom. The maximum Gasteiger partial charge on any atom is 0.273 e.